The monoisotopic (exact) mass is 408 g/mol. The Labute approximate surface area is 173 Å². The van der Waals surface area contributed by atoms with Gasteiger partial charge in [-0.1, -0.05) is 0 Å². The third-order valence-corrected chi connectivity index (χ3v) is 6.88. The normalized spacial score (nSPS) is 16.1. The van der Waals surface area contributed by atoms with Gasteiger partial charge < -0.3 is 15.0 Å². The van der Waals surface area contributed by atoms with Gasteiger partial charge in [0.15, 0.2) is 6.61 Å². The molecule has 1 N–H and O–H groups in total. The molecular weight excluding hydrogens is 384 g/mol. The Morgan fingerprint density at radius 3 is 2.72 bits per heavy atom. The van der Waals surface area contributed by atoms with Gasteiger partial charge in [0.1, 0.15) is 11.2 Å². The highest BCUT2D eigenvalue weighted by atomic mass is 32.1. The van der Waals surface area contributed by atoms with Crippen molar-refractivity contribution in [2.24, 2.45) is 0 Å². The van der Waals surface area contributed by atoms with E-state index in [9.17, 15) is 4.79 Å². The molecule has 0 saturated carbocycles. The minimum absolute atomic E-state index is 0.0649. The molecule has 150 valence electrons. The Kier molecular flexibility index (Phi) is 5.06. The summed E-state index contributed by atoms with van der Waals surface area (Å²) in [6, 6.07) is 8.06. The second-order valence-corrected chi connectivity index (χ2v) is 8.73. The van der Waals surface area contributed by atoms with Crippen LogP contribution in [0, 0.1) is 0 Å². The molecule has 0 bridgehead atoms. The van der Waals surface area contributed by atoms with Gasteiger partial charge in [-0.2, -0.15) is 0 Å². The minimum Gasteiger partial charge on any atom is -0.467 e. The second kappa shape index (κ2) is 7.99. The second-order valence-electron chi connectivity index (χ2n) is 7.65. The lowest BCUT2D eigenvalue weighted by atomic mass is 10.1. The van der Waals surface area contributed by atoms with Crippen molar-refractivity contribution in [2.75, 3.05) is 29.9 Å². The van der Waals surface area contributed by atoms with E-state index in [4.69, 9.17) is 4.74 Å². The van der Waals surface area contributed by atoms with Gasteiger partial charge >= 0.3 is 0 Å². The lowest BCUT2D eigenvalue weighted by Crippen LogP contribution is -2.29. The minimum atomic E-state index is -0.186. The van der Waals surface area contributed by atoms with E-state index < -0.39 is 0 Å². The van der Waals surface area contributed by atoms with Gasteiger partial charge in [0.05, 0.1) is 5.39 Å². The van der Waals surface area contributed by atoms with Crippen LogP contribution < -0.4 is 15.0 Å². The largest absolute Gasteiger partial charge is 0.467 e. The molecule has 0 atom stereocenters. The van der Waals surface area contributed by atoms with Crippen LogP contribution in [0.25, 0.3) is 10.2 Å². The quantitative estimate of drug-likeness (QED) is 0.686. The molecule has 29 heavy (non-hydrogen) atoms. The maximum absolute atomic E-state index is 12.4. The van der Waals surface area contributed by atoms with E-state index in [-0.39, 0.29) is 12.5 Å². The lowest BCUT2D eigenvalue weighted by molar-refractivity contribution is -0.118. The number of aromatic nitrogens is 2. The Hall–Kier alpha value is -2.67. The molecule has 0 spiro atoms. The van der Waals surface area contributed by atoms with E-state index in [1.807, 2.05) is 12.1 Å². The smallest absolute Gasteiger partial charge is 0.262 e. The third-order valence-electron chi connectivity index (χ3n) is 5.68. The Balaban J connectivity index is 1.22. The first kappa shape index (κ1) is 18.4. The zero-order valence-corrected chi connectivity index (χ0v) is 17.1. The number of thiophene rings is 1. The molecule has 6 nitrogen and oxygen atoms in total. The maximum Gasteiger partial charge on any atom is 0.262 e. The summed E-state index contributed by atoms with van der Waals surface area (Å²) in [6.07, 6.45) is 8.63. The van der Waals surface area contributed by atoms with E-state index in [0.29, 0.717) is 5.88 Å². The highest BCUT2D eigenvalue weighted by Crippen LogP contribution is 2.39. The fraction of sp³-hybridized carbons (Fsp3) is 0.409. The number of carbonyl (C=O) groups excluding carboxylic acids is 1. The predicted octanol–water partition coefficient (Wildman–Crippen LogP) is 4.19. The van der Waals surface area contributed by atoms with Gasteiger partial charge in [0.2, 0.25) is 5.88 Å². The number of piperidine rings is 1. The Morgan fingerprint density at radius 2 is 1.90 bits per heavy atom. The van der Waals surface area contributed by atoms with E-state index in [1.165, 1.54) is 48.1 Å². The van der Waals surface area contributed by atoms with E-state index in [2.05, 4.69) is 32.3 Å². The topological polar surface area (TPSA) is 67.3 Å². The summed E-state index contributed by atoms with van der Waals surface area (Å²) in [4.78, 5) is 25.8. The summed E-state index contributed by atoms with van der Waals surface area (Å²) in [5, 5.41) is 3.90. The van der Waals surface area contributed by atoms with Crippen LogP contribution in [0.15, 0.2) is 30.6 Å². The average molecular weight is 409 g/mol. The molecule has 0 unspecified atom stereocenters. The zero-order valence-electron chi connectivity index (χ0n) is 16.3. The summed E-state index contributed by atoms with van der Waals surface area (Å²) in [5.74, 6) is 0.333. The number of aryl methyl sites for hydroxylation is 2. The van der Waals surface area contributed by atoms with Gasteiger partial charge in [0.25, 0.3) is 5.91 Å². The number of carbonyl (C=O) groups is 1. The van der Waals surface area contributed by atoms with Crippen LogP contribution in [0.3, 0.4) is 0 Å². The molecule has 1 aliphatic heterocycles. The molecule has 7 heteroatoms. The number of hydrogen-bond acceptors (Lipinski definition) is 6. The van der Waals surface area contributed by atoms with Crippen LogP contribution >= 0.6 is 11.3 Å². The number of ether oxygens (including phenoxy) is 1. The van der Waals surface area contributed by atoms with Crippen LogP contribution in [-0.2, 0) is 17.6 Å². The van der Waals surface area contributed by atoms with Crippen molar-refractivity contribution in [3.8, 4) is 5.88 Å². The molecule has 1 fully saturated rings. The zero-order chi connectivity index (χ0) is 19.6. The fourth-order valence-corrected chi connectivity index (χ4v) is 5.47. The number of fused-ring (bicyclic) bond motifs is 3. The van der Waals surface area contributed by atoms with Crippen molar-refractivity contribution >= 4 is 38.8 Å². The maximum atomic E-state index is 12.4. The first-order valence-electron chi connectivity index (χ1n) is 10.3. The van der Waals surface area contributed by atoms with E-state index >= 15 is 0 Å². The number of rotatable bonds is 5. The summed E-state index contributed by atoms with van der Waals surface area (Å²) >= 11 is 1.71. The molecule has 1 amide bonds. The van der Waals surface area contributed by atoms with Crippen molar-refractivity contribution in [1.29, 1.82) is 0 Å². The van der Waals surface area contributed by atoms with Gasteiger partial charge in [0, 0.05) is 29.3 Å². The first-order valence-corrected chi connectivity index (χ1v) is 11.1. The number of nitrogens with one attached hydrogen (secondary N) is 1. The van der Waals surface area contributed by atoms with Gasteiger partial charge in [-0.05, 0) is 68.4 Å². The average Bonchev–Trinajstić information content (AvgIpc) is 3.35. The molecule has 1 saturated heterocycles. The highest BCUT2D eigenvalue weighted by Gasteiger charge is 2.22. The van der Waals surface area contributed by atoms with Crippen molar-refractivity contribution in [1.82, 2.24) is 9.97 Å². The summed E-state index contributed by atoms with van der Waals surface area (Å²) in [6.45, 7) is 2.16. The van der Waals surface area contributed by atoms with Crippen molar-refractivity contribution < 1.29 is 9.53 Å². The van der Waals surface area contributed by atoms with Crippen LogP contribution in [0.5, 0.6) is 5.88 Å². The van der Waals surface area contributed by atoms with Crippen LogP contribution in [0.1, 0.15) is 36.1 Å². The Morgan fingerprint density at radius 1 is 1.07 bits per heavy atom. The molecule has 3 heterocycles. The molecule has 2 aromatic heterocycles. The van der Waals surface area contributed by atoms with Gasteiger partial charge in [-0.25, -0.2) is 9.97 Å². The van der Waals surface area contributed by atoms with Crippen LogP contribution in [-0.4, -0.2) is 35.6 Å². The molecule has 0 radical (unpaired) electrons. The predicted molar refractivity (Wildman–Crippen MR) is 116 cm³/mol. The SMILES string of the molecule is O=C(COc1ncnc2sc3c(c12)CCC3)Nc1ccc(N2CCCCC2)cc1. The number of nitrogens with zero attached hydrogens (tertiary/aromatic N) is 3. The summed E-state index contributed by atoms with van der Waals surface area (Å²) in [5.41, 5.74) is 3.30. The standard InChI is InChI=1S/C22H24N4O2S/c27-19(25-15-7-9-16(10-8-15)26-11-2-1-3-12-26)13-28-21-20-17-5-4-6-18(17)29-22(20)24-14-23-21/h7-10,14H,1-6,11-13H2,(H,25,27). The lowest BCUT2D eigenvalue weighted by Gasteiger charge is -2.28. The number of amides is 1. The van der Waals surface area contributed by atoms with E-state index in [1.54, 1.807) is 11.3 Å². The summed E-state index contributed by atoms with van der Waals surface area (Å²) < 4.78 is 5.79. The molecule has 1 aromatic carbocycles. The van der Waals surface area contributed by atoms with Crippen molar-refractivity contribution in [3.05, 3.63) is 41.0 Å². The summed E-state index contributed by atoms with van der Waals surface area (Å²) in [7, 11) is 0. The van der Waals surface area contributed by atoms with Crippen LogP contribution in [0.2, 0.25) is 0 Å². The molecule has 1 aliphatic carbocycles. The molecular formula is C22H24N4O2S. The van der Waals surface area contributed by atoms with Gasteiger partial charge in [-0.15, -0.1) is 11.3 Å². The Bertz CT molecular complexity index is 1030. The molecule has 5 rings (SSSR count). The van der Waals surface area contributed by atoms with Crippen molar-refractivity contribution in [3.63, 3.8) is 0 Å². The first-order chi connectivity index (χ1) is 14.3. The van der Waals surface area contributed by atoms with Crippen molar-refractivity contribution in [2.45, 2.75) is 38.5 Å². The van der Waals surface area contributed by atoms with Gasteiger partial charge in [-0.3, -0.25) is 4.79 Å². The third kappa shape index (κ3) is 3.79. The molecule has 2 aliphatic rings. The van der Waals surface area contributed by atoms with E-state index in [0.717, 1.165) is 41.8 Å². The highest BCUT2D eigenvalue weighted by molar-refractivity contribution is 7.18. The number of benzene rings is 1. The number of hydrogen-bond donors (Lipinski definition) is 1. The number of anilines is 2. The fourth-order valence-electron chi connectivity index (χ4n) is 4.25. The van der Waals surface area contributed by atoms with Crippen LogP contribution in [0.4, 0.5) is 11.4 Å². The molecule has 3 aromatic rings.